The number of carbonyl (C=O) groups is 2. The van der Waals surface area contributed by atoms with Gasteiger partial charge in [-0.3, -0.25) is 9.59 Å². The first-order valence-corrected chi connectivity index (χ1v) is 8.15. The van der Waals surface area contributed by atoms with Crippen LogP contribution in [0.1, 0.15) is 23.0 Å². The number of carbonyl (C=O) groups excluding carboxylic acids is 2. The molecule has 1 N–H and O–H groups in total. The van der Waals surface area contributed by atoms with Gasteiger partial charge in [0.1, 0.15) is 18.9 Å². The van der Waals surface area contributed by atoms with E-state index in [0.717, 1.165) is 12.3 Å². The van der Waals surface area contributed by atoms with E-state index in [1.165, 1.54) is 14.0 Å². The van der Waals surface area contributed by atoms with Gasteiger partial charge in [-0.25, -0.2) is 4.79 Å². The molecule has 9 heteroatoms. The summed E-state index contributed by atoms with van der Waals surface area (Å²) < 4.78 is 15.0. The lowest BCUT2D eigenvalue weighted by Gasteiger charge is -2.11. The van der Waals surface area contributed by atoms with Crippen LogP contribution in [0.5, 0.6) is 5.75 Å². The minimum atomic E-state index is -0.886. The maximum Gasteiger partial charge on any atom is 0.328 e. The van der Waals surface area contributed by atoms with Crippen LogP contribution in [-0.4, -0.2) is 25.0 Å². The summed E-state index contributed by atoms with van der Waals surface area (Å²) in [6.45, 7) is 1.50. The first-order chi connectivity index (χ1) is 12.3. The summed E-state index contributed by atoms with van der Waals surface area (Å²) in [6, 6.07) is 5.01. The van der Waals surface area contributed by atoms with E-state index in [-0.39, 0.29) is 18.1 Å². The molecule has 26 heavy (non-hydrogen) atoms. The van der Waals surface area contributed by atoms with Crippen molar-refractivity contribution in [3.63, 3.8) is 0 Å². The number of amides is 1. The van der Waals surface area contributed by atoms with Crippen LogP contribution >= 0.6 is 23.2 Å². The number of hydrogen-bond acceptors (Lipinski definition) is 6. The first-order valence-electron chi connectivity index (χ1n) is 7.40. The van der Waals surface area contributed by atoms with E-state index in [1.807, 2.05) is 0 Å². The van der Waals surface area contributed by atoms with Crippen LogP contribution in [0.4, 0.5) is 0 Å². The molecule has 0 radical (unpaired) electrons. The molecule has 2 rings (SSSR count). The first kappa shape index (κ1) is 19.8. The zero-order valence-electron chi connectivity index (χ0n) is 13.9. The fraction of sp³-hybridized carbons (Fsp3) is 0.235. The summed E-state index contributed by atoms with van der Waals surface area (Å²) in [5, 5.41) is 3.12. The quantitative estimate of drug-likeness (QED) is 0.750. The molecule has 0 saturated carbocycles. The Morgan fingerprint density at radius 3 is 2.58 bits per heavy atom. The normalized spacial score (nSPS) is 11.5. The van der Waals surface area contributed by atoms with Crippen molar-refractivity contribution in [1.29, 1.82) is 0 Å². The van der Waals surface area contributed by atoms with Crippen molar-refractivity contribution in [3.05, 3.63) is 62.1 Å². The molecule has 1 aromatic carbocycles. The highest BCUT2D eigenvalue weighted by Crippen LogP contribution is 2.23. The predicted octanol–water partition coefficient (Wildman–Crippen LogP) is 2.82. The van der Waals surface area contributed by atoms with Gasteiger partial charge in [-0.1, -0.05) is 29.3 Å². The smallest absolute Gasteiger partial charge is 0.328 e. The minimum Gasteiger partial charge on any atom is -0.482 e. The topological polar surface area (TPSA) is 94.8 Å². The maximum atomic E-state index is 12.1. The summed E-state index contributed by atoms with van der Waals surface area (Å²) in [6.07, 6.45) is 1.03. The molecule has 0 aliphatic carbocycles. The van der Waals surface area contributed by atoms with Gasteiger partial charge in [0.05, 0.1) is 17.2 Å². The second kappa shape index (κ2) is 8.73. The van der Waals surface area contributed by atoms with Crippen molar-refractivity contribution in [3.8, 4) is 5.75 Å². The number of methoxy groups -OCH3 is 1. The lowest BCUT2D eigenvalue weighted by molar-refractivity contribution is -0.142. The Labute approximate surface area is 158 Å². The van der Waals surface area contributed by atoms with Crippen molar-refractivity contribution >= 4 is 35.1 Å². The van der Waals surface area contributed by atoms with Gasteiger partial charge in [0.25, 0.3) is 5.91 Å². The monoisotopic (exact) mass is 399 g/mol. The summed E-state index contributed by atoms with van der Waals surface area (Å²) in [5.74, 6) is -1.68. The van der Waals surface area contributed by atoms with Crippen LogP contribution in [0, 0.1) is 0 Å². The molecular formula is C17H15Cl2NO6. The molecule has 0 aliphatic heterocycles. The van der Waals surface area contributed by atoms with Crippen LogP contribution in [0.3, 0.4) is 0 Å². The number of nitrogens with one attached hydrogen (secondary N) is 1. The third-order valence-electron chi connectivity index (χ3n) is 3.30. The fourth-order valence-corrected chi connectivity index (χ4v) is 2.24. The van der Waals surface area contributed by atoms with Crippen LogP contribution < -0.4 is 15.5 Å². The summed E-state index contributed by atoms with van der Waals surface area (Å²) in [5.41, 5.74) is 0.153. The average molecular weight is 400 g/mol. The average Bonchev–Trinajstić information content (AvgIpc) is 2.62. The molecule has 0 unspecified atom stereocenters. The summed E-state index contributed by atoms with van der Waals surface area (Å²) in [4.78, 5) is 35.3. The van der Waals surface area contributed by atoms with Crippen molar-refractivity contribution < 1.29 is 23.5 Å². The highest BCUT2D eigenvalue weighted by molar-refractivity contribution is 6.42. The Bertz CT molecular complexity index is 880. The number of benzene rings is 1. The molecule has 0 bridgehead atoms. The lowest BCUT2D eigenvalue weighted by atomic mass is 10.2. The van der Waals surface area contributed by atoms with Gasteiger partial charge in [0, 0.05) is 6.07 Å². The number of esters is 1. The van der Waals surface area contributed by atoms with Crippen LogP contribution in [0.15, 0.2) is 39.7 Å². The Balaban J connectivity index is 2.04. The van der Waals surface area contributed by atoms with Crippen LogP contribution in [0.25, 0.3) is 0 Å². The molecule has 0 spiro atoms. The second-order valence-corrected chi connectivity index (χ2v) is 6.04. The van der Waals surface area contributed by atoms with E-state index in [0.29, 0.717) is 15.6 Å². The number of halogens is 2. The van der Waals surface area contributed by atoms with Gasteiger partial charge in [0.2, 0.25) is 11.2 Å². The maximum absolute atomic E-state index is 12.1. The Morgan fingerprint density at radius 1 is 1.23 bits per heavy atom. The number of ether oxygens (including phenoxy) is 2. The van der Waals surface area contributed by atoms with E-state index < -0.39 is 23.3 Å². The molecule has 1 heterocycles. The van der Waals surface area contributed by atoms with Crippen molar-refractivity contribution in [2.24, 2.45) is 0 Å². The Hall–Kier alpha value is -2.51. The summed E-state index contributed by atoms with van der Waals surface area (Å²) in [7, 11) is 1.20. The Kier molecular flexibility index (Phi) is 6.65. The fourth-order valence-electron chi connectivity index (χ4n) is 1.92. The largest absolute Gasteiger partial charge is 0.482 e. The highest BCUT2D eigenvalue weighted by atomic mass is 35.5. The molecule has 138 valence electrons. The molecule has 1 atom stereocenters. The van der Waals surface area contributed by atoms with Crippen molar-refractivity contribution in [2.45, 2.75) is 19.6 Å². The standard InChI is InChI=1S/C17H15Cl2NO6/c1-9(17(23)24-2)20-16(22)14-6-13(21)15(8-26-14)25-7-10-3-4-11(18)12(19)5-10/h3-6,8-9H,7H2,1-2H3,(H,20,22)/t9-/m1/s1. The Morgan fingerprint density at radius 2 is 1.96 bits per heavy atom. The van der Waals surface area contributed by atoms with E-state index in [1.54, 1.807) is 18.2 Å². The second-order valence-electron chi connectivity index (χ2n) is 5.23. The van der Waals surface area contributed by atoms with Gasteiger partial charge >= 0.3 is 5.97 Å². The number of rotatable bonds is 6. The van der Waals surface area contributed by atoms with E-state index in [4.69, 9.17) is 32.4 Å². The molecule has 0 aliphatic rings. The van der Waals surface area contributed by atoms with Gasteiger partial charge in [0.15, 0.2) is 5.76 Å². The van der Waals surface area contributed by atoms with Gasteiger partial charge < -0.3 is 19.2 Å². The third-order valence-corrected chi connectivity index (χ3v) is 4.04. The minimum absolute atomic E-state index is 0.0621. The zero-order valence-corrected chi connectivity index (χ0v) is 15.4. The zero-order chi connectivity index (χ0) is 19.3. The van der Waals surface area contributed by atoms with E-state index in [9.17, 15) is 14.4 Å². The molecule has 0 saturated heterocycles. The van der Waals surface area contributed by atoms with Gasteiger partial charge in [-0.2, -0.15) is 0 Å². The number of hydrogen-bond donors (Lipinski definition) is 1. The molecular weight excluding hydrogens is 385 g/mol. The molecule has 7 nitrogen and oxygen atoms in total. The van der Waals surface area contributed by atoms with Gasteiger partial charge in [-0.15, -0.1) is 0 Å². The third kappa shape index (κ3) is 5.00. The van der Waals surface area contributed by atoms with Crippen molar-refractivity contribution in [1.82, 2.24) is 5.32 Å². The molecule has 0 fully saturated rings. The molecule has 2 aromatic rings. The molecule has 1 aromatic heterocycles. The highest BCUT2D eigenvalue weighted by Gasteiger charge is 2.19. The van der Waals surface area contributed by atoms with Gasteiger partial charge in [-0.05, 0) is 24.6 Å². The van der Waals surface area contributed by atoms with Crippen LogP contribution in [-0.2, 0) is 16.1 Å². The SMILES string of the molecule is COC(=O)[C@@H](C)NC(=O)c1cc(=O)c(OCc2ccc(Cl)c(Cl)c2)co1. The molecule has 1 amide bonds. The van der Waals surface area contributed by atoms with Crippen molar-refractivity contribution in [2.75, 3.05) is 7.11 Å². The lowest BCUT2D eigenvalue weighted by Crippen LogP contribution is -2.39. The van der Waals surface area contributed by atoms with Crippen LogP contribution in [0.2, 0.25) is 10.0 Å². The summed E-state index contributed by atoms with van der Waals surface area (Å²) >= 11 is 11.7. The predicted molar refractivity (Wildman–Crippen MR) is 94.7 cm³/mol. The van der Waals surface area contributed by atoms with E-state index in [2.05, 4.69) is 10.1 Å². The van der Waals surface area contributed by atoms with E-state index >= 15 is 0 Å².